The lowest BCUT2D eigenvalue weighted by Crippen LogP contribution is -2.27. The number of hydrogen-bond donors (Lipinski definition) is 0. The molecule has 2 amide bonds. The lowest BCUT2D eigenvalue weighted by molar-refractivity contribution is -0.123. The van der Waals surface area contributed by atoms with Gasteiger partial charge in [0.15, 0.2) is 0 Å². The maximum Gasteiger partial charge on any atom is 0.293 e. The largest absolute Gasteiger partial charge is 0.344 e. The summed E-state index contributed by atoms with van der Waals surface area (Å²) in [6, 6.07) is 19.5. The van der Waals surface area contributed by atoms with E-state index in [0.717, 1.165) is 40.8 Å². The van der Waals surface area contributed by atoms with Crippen molar-refractivity contribution in [2.75, 3.05) is 0 Å². The minimum absolute atomic E-state index is 0.218. The lowest BCUT2D eigenvalue weighted by Gasteiger charge is -2.12. The zero-order valence-corrected chi connectivity index (χ0v) is 18.3. The first-order valence-electron chi connectivity index (χ1n) is 9.63. The van der Waals surface area contributed by atoms with Gasteiger partial charge in [-0.3, -0.25) is 14.5 Å². The first-order chi connectivity index (χ1) is 14.4. The SMILES string of the molecule is Cc1cc(/C=C2\SC(=O)N(Cc3cccc(Cl)c3)C2=O)c(C)n1Cc1ccccc1. The van der Waals surface area contributed by atoms with Gasteiger partial charge in [0.1, 0.15) is 0 Å². The average Bonchev–Trinajstić information content (AvgIpc) is 3.13. The third-order valence-corrected chi connectivity index (χ3v) is 6.33. The summed E-state index contributed by atoms with van der Waals surface area (Å²) in [4.78, 5) is 27.1. The molecular formula is C24H21ClN2O2S. The van der Waals surface area contributed by atoms with E-state index in [-0.39, 0.29) is 17.7 Å². The third kappa shape index (κ3) is 4.23. The molecule has 1 aliphatic heterocycles. The van der Waals surface area contributed by atoms with Gasteiger partial charge in [-0.15, -0.1) is 0 Å². The Morgan fingerprint density at radius 2 is 1.67 bits per heavy atom. The van der Waals surface area contributed by atoms with Crippen LogP contribution < -0.4 is 0 Å². The van der Waals surface area contributed by atoms with Gasteiger partial charge in [0.2, 0.25) is 0 Å². The minimum atomic E-state index is -0.266. The number of thioether (sulfide) groups is 1. The van der Waals surface area contributed by atoms with Gasteiger partial charge in [0.25, 0.3) is 11.1 Å². The van der Waals surface area contributed by atoms with Crippen LogP contribution in [0.4, 0.5) is 4.79 Å². The van der Waals surface area contributed by atoms with E-state index in [1.165, 1.54) is 10.5 Å². The van der Waals surface area contributed by atoms with Gasteiger partial charge in [0, 0.05) is 23.0 Å². The summed E-state index contributed by atoms with van der Waals surface area (Å²) in [5.74, 6) is -0.266. The monoisotopic (exact) mass is 436 g/mol. The highest BCUT2D eigenvalue weighted by Gasteiger charge is 2.35. The molecule has 152 valence electrons. The molecule has 30 heavy (non-hydrogen) atoms. The van der Waals surface area contributed by atoms with Gasteiger partial charge in [-0.25, -0.2) is 0 Å². The number of benzene rings is 2. The fourth-order valence-electron chi connectivity index (χ4n) is 3.58. The molecule has 1 aromatic heterocycles. The number of halogens is 1. The van der Waals surface area contributed by atoms with Crippen LogP contribution in [-0.4, -0.2) is 20.6 Å². The highest BCUT2D eigenvalue weighted by molar-refractivity contribution is 8.18. The molecule has 6 heteroatoms. The molecule has 0 spiro atoms. The van der Waals surface area contributed by atoms with Crippen molar-refractivity contribution >= 4 is 40.6 Å². The Labute approximate surface area is 185 Å². The predicted octanol–water partition coefficient (Wildman–Crippen LogP) is 6.04. The summed E-state index contributed by atoms with van der Waals surface area (Å²) in [6.45, 7) is 5.08. The summed E-state index contributed by atoms with van der Waals surface area (Å²) in [5, 5.41) is 0.324. The fourth-order valence-corrected chi connectivity index (χ4v) is 4.62. The first kappa shape index (κ1) is 20.5. The first-order valence-corrected chi connectivity index (χ1v) is 10.8. The van der Waals surface area contributed by atoms with Gasteiger partial charge in [0.05, 0.1) is 11.4 Å². The number of hydrogen-bond acceptors (Lipinski definition) is 3. The number of aryl methyl sites for hydroxylation is 1. The van der Waals surface area contributed by atoms with Crippen LogP contribution >= 0.6 is 23.4 Å². The van der Waals surface area contributed by atoms with Crippen LogP contribution in [0.15, 0.2) is 65.6 Å². The Morgan fingerprint density at radius 3 is 2.40 bits per heavy atom. The quantitative estimate of drug-likeness (QED) is 0.457. The van der Waals surface area contributed by atoms with Gasteiger partial charge in [-0.1, -0.05) is 54.1 Å². The standard InChI is InChI=1S/C24H21ClN2O2S/c1-16-11-20(17(2)26(16)14-18-7-4-3-5-8-18)13-22-23(28)27(24(29)30-22)15-19-9-6-10-21(25)12-19/h3-13H,14-15H2,1-2H3/b22-13-. The predicted molar refractivity (Wildman–Crippen MR) is 122 cm³/mol. The fraction of sp³-hybridized carbons (Fsp3) is 0.167. The average molecular weight is 437 g/mol. The van der Waals surface area contributed by atoms with Crippen LogP contribution in [0.5, 0.6) is 0 Å². The second-order valence-corrected chi connectivity index (χ2v) is 8.73. The van der Waals surface area contributed by atoms with Gasteiger partial charge < -0.3 is 4.57 Å². The second kappa shape index (κ2) is 8.54. The molecule has 0 saturated carbocycles. The molecule has 1 saturated heterocycles. The minimum Gasteiger partial charge on any atom is -0.344 e. The van der Waals surface area contributed by atoms with E-state index in [1.807, 2.05) is 43.3 Å². The highest BCUT2D eigenvalue weighted by atomic mass is 35.5. The topological polar surface area (TPSA) is 42.3 Å². The maximum absolute atomic E-state index is 12.9. The Kier molecular flexibility index (Phi) is 5.84. The molecule has 2 heterocycles. The Hall–Kier alpha value is -2.76. The van der Waals surface area contributed by atoms with Crippen LogP contribution in [0.3, 0.4) is 0 Å². The summed E-state index contributed by atoms with van der Waals surface area (Å²) >= 11 is 7.01. The maximum atomic E-state index is 12.9. The zero-order chi connectivity index (χ0) is 21.3. The summed E-state index contributed by atoms with van der Waals surface area (Å²) in [6.07, 6.45) is 1.83. The van der Waals surface area contributed by atoms with Crippen molar-refractivity contribution in [2.45, 2.75) is 26.9 Å². The van der Waals surface area contributed by atoms with E-state index in [4.69, 9.17) is 11.6 Å². The molecule has 1 fully saturated rings. The number of nitrogens with zero attached hydrogens (tertiary/aromatic N) is 2. The summed E-state index contributed by atoms with van der Waals surface area (Å²) in [5.41, 5.74) is 5.18. The van der Waals surface area contributed by atoms with E-state index in [9.17, 15) is 9.59 Å². The second-order valence-electron chi connectivity index (χ2n) is 7.30. The lowest BCUT2D eigenvalue weighted by atomic mass is 10.2. The van der Waals surface area contributed by atoms with Crippen molar-refractivity contribution in [3.63, 3.8) is 0 Å². The van der Waals surface area contributed by atoms with E-state index < -0.39 is 0 Å². The van der Waals surface area contributed by atoms with Gasteiger partial charge >= 0.3 is 0 Å². The molecule has 0 aliphatic carbocycles. The summed E-state index contributed by atoms with van der Waals surface area (Å²) < 4.78 is 2.22. The number of amides is 2. The number of rotatable bonds is 5. The van der Waals surface area contributed by atoms with E-state index in [1.54, 1.807) is 12.1 Å². The number of imide groups is 1. The van der Waals surface area contributed by atoms with Crippen LogP contribution in [0.1, 0.15) is 28.1 Å². The molecule has 4 nitrogen and oxygen atoms in total. The van der Waals surface area contributed by atoms with E-state index in [0.29, 0.717) is 9.93 Å². The Bertz CT molecular complexity index is 1150. The normalized spacial score (nSPS) is 15.4. The van der Waals surface area contributed by atoms with Crippen molar-refractivity contribution in [3.05, 3.63) is 98.7 Å². The Morgan fingerprint density at radius 1 is 0.933 bits per heavy atom. The van der Waals surface area contributed by atoms with E-state index >= 15 is 0 Å². The molecule has 0 N–H and O–H groups in total. The number of carbonyl (C=O) groups excluding carboxylic acids is 2. The molecule has 3 aromatic rings. The molecule has 0 unspecified atom stereocenters. The Balaban J connectivity index is 1.57. The number of carbonyl (C=O) groups is 2. The molecule has 0 atom stereocenters. The van der Waals surface area contributed by atoms with E-state index in [2.05, 4.69) is 29.7 Å². The zero-order valence-electron chi connectivity index (χ0n) is 16.8. The smallest absolute Gasteiger partial charge is 0.293 e. The molecule has 0 radical (unpaired) electrons. The third-order valence-electron chi connectivity index (χ3n) is 5.19. The van der Waals surface area contributed by atoms with Gasteiger partial charge in [-0.2, -0.15) is 0 Å². The molecular weight excluding hydrogens is 416 g/mol. The molecule has 2 aromatic carbocycles. The van der Waals surface area contributed by atoms with Crippen LogP contribution in [0, 0.1) is 13.8 Å². The van der Waals surface area contributed by atoms with Crippen LogP contribution in [-0.2, 0) is 17.9 Å². The molecule has 1 aliphatic rings. The van der Waals surface area contributed by atoms with Gasteiger partial charge in [-0.05, 0) is 66.6 Å². The van der Waals surface area contributed by atoms with Crippen molar-refractivity contribution in [1.29, 1.82) is 0 Å². The molecule has 4 rings (SSSR count). The number of aromatic nitrogens is 1. The highest BCUT2D eigenvalue weighted by Crippen LogP contribution is 2.34. The van der Waals surface area contributed by atoms with Crippen molar-refractivity contribution in [1.82, 2.24) is 9.47 Å². The summed E-state index contributed by atoms with van der Waals surface area (Å²) in [7, 11) is 0. The van der Waals surface area contributed by atoms with Crippen molar-refractivity contribution in [3.8, 4) is 0 Å². The molecule has 0 bridgehead atoms. The van der Waals surface area contributed by atoms with Crippen LogP contribution in [0.2, 0.25) is 5.02 Å². The van der Waals surface area contributed by atoms with Crippen molar-refractivity contribution in [2.24, 2.45) is 0 Å². The van der Waals surface area contributed by atoms with Crippen molar-refractivity contribution < 1.29 is 9.59 Å². The van der Waals surface area contributed by atoms with Crippen LogP contribution in [0.25, 0.3) is 6.08 Å².